The third-order valence-electron chi connectivity index (χ3n) is 6.16. The van der Waals surface area contributed by atoms with Gasteiger partial charge in [-0.1, -0.05) is 62.4 Å². The number of amides is 1. The van der Waals surface area contributed by atoms with Gasteiger partial charge in [0.2, 0.25) is 0 Å². The quantitative estimate of drug-likeness (QED) is 0.558. The number of carbonyl (C=O) groups excluding carboxylic acids is 2. The van der Waals surface area contributed by atoms with E-state index in [1.54, 1.807) is 6.92 Å². The second kappa shape index (κ2) is 9.85. The van der Waals surface area contributed by atoms with Crippen molar-refractivity contribution in [1.82, 2.24) is 5.32 Å². The fourth-order valence-electron chi connectivity index (χ4n) is 3.86. The summed E-state index contributed by atoms with van der Waals surface area (Å²) in [4.78, 5) is 36.2. The van der Waals surface area contributed by atoms with Gasteiger partial charge in [-0.15, -0.1) is 0 Å². The first kappa shape index (κ1) is 23.3. The van der Waals surface area contributed by atoms with Crippen LogP contribution < -0.4 is 5.32 Å². The highest BCUT2D eigenvalue weighted by Gasteiger charge is 2.32. The molecule has 3 rings (SSSR count). The molecule has 1 amide bonds. The van der Waals surface area contributed by atoms with E-state index in [4.69, 9.17) is 9.47 Å². The minimum atomic E-state index is -1.43. The summed E-state index contributed by atoms with van der Waals surface area (Å²) < 4.78 is 10.8. The first-order chi connectivity index (χ1) is 15.3. The molecule has 0 saturated carbocycles. The van der Waals surface area contributed by atoms with Gasteiger partial charge in [0.1, 0.15) is 18.2 Å². The Hall–Kier alpha value is -3.35. The Morgan fingerprint density at radius 2 is 1.53 bits per heavy atom. The molecule has 0 bridgehead atoms. The molecule has 0 aromatic heterocycles. The number of esters is 1. The Morgan fingerprint density at radius 1 is 1.00 bits per heavy atom. The molecule has 0 fully saturated rings. The van der Waals surface area contributed by atoms with Crippen molar-refractivity contribution in [2.24, 2.45) is 0 Å². The Balaban J connectivity index is 1.62. The van der Waals surface area contributed by atoms with E-state index in [1.807, 2.05) is 62.4 Å². The molecule has 7 heteroatoms. The fraction of sp³-hybridized carbons (Fsp3) is 0.400. The van der Waals surface area contributed by atoms with Crippen molar-refractivity contribution in [3.05, 3.63) is 59.7 Å². The largest absolute Gasteiger partial charge is 0.480 e. The number of carboxylic acids is 1. The summed E-state index contributed by atoms with van der Waals surface area (Å²) in [6.07, 6.45) is -0.157. The molecule has 1 atom stereocenters. The molecule has 0 unspecified atom stereocenters. The van der Waals surface area contributed by atoms with E-state index in [1.165, 1.54) is 0 Å². The zero-order valence-electron chi connectivity index (χ0n) is 18.6. The van der Waals surface area contributed by atoms with E-state index in [2.05, 4.69) is 5.32 Å². The third-order valence-corrected chi connectivity index (χ3v) is 6.16. The maximum Gasteiger partial charge on any atom is 0.407 e. The van der Waals surface area contributed by atoms with Crippen molar-refractivity contribution < 1.29 is 29.0 Å². The average molecular weight is 440 g/mol. The second-order valence-corrected chi connectivity index (χ2v) is 8.20. The van der Waals surface area contributed by atoms with Crippen molar-refractivity contribution >= 4 is 18.0 Å². The van der Waals surface area contributed by atoms with Crippen molar-refractivity contribution in [3.63, 3.8) is 0 Å². The van der Waals surface area contributed by atoms with E-state index in [0.29, 0.717) is 12.8 Å². The van der Waals surface area contributed by atoms with Crippen LogP contribution in [-0.4, -0.2) is 41.4 Å². The summed E-state index contributed by atoms with van der Waals surface area (Å²) in [6, 6.07) is 14.4. The lowest BCUT2D eigenvalue weighted by Crippen LogP contribution is -2.44. The van der Waals surface area contributed by atoms with Crippen LogP contribution in [0.15, 0.2) is 48.5 Å². The van der Waals surface area contributed by atoms with Crippen molar-refractivity contribution in [3.8, 4) is 11.1 Å². The molecule has 7 nitrogen and oxygen atoms in total. The van der Waals surface area contributed by atoms with Gasteiger partial charge < -0.3 is 19.9 Å². The van der Waals surface area contributed by atoms with E-state index in [9.17, 15) is 19.5 Å². The lowest BCUT2D eigenvalue weighted by atomic mass is 9.98. The van der Waals surface area contributed by atoms with Gasteiger partial charge >= 0.3 is 18.0 Å². The van der Waals surface area contributed by atoms with E-state index >= 15 is 0 Å². The molecule has 1 aliphatic rings. The highest BCUT2D eigenvalue weighted by atomic mass is 16.6. The first-order valence-electron chi connectivity index (χ1n) is 10.8. The number of carboxylic acid groups (broad SMARTS) is 1. The normalized spacial score (nSPS) is 13.6. The molecule has 2 aromatic carbocycles. The summed E-state index contributed by atoms with van der Waals surface area (Å²) in [5.74, 6) is -2.15. The van der Waals surface area contributed by atoms with Crippen LogP contribution in [0.5, 0.6) is 0 Å². The number of fused-ring (bicyclic) bond motifs is 3. The summed E-state index contributed by atoms with van der Waals surface area (Å²) >= 11 is 0. The molecule has 2 aromatic rings. The van der Waals surface area contributed by atoms with E-state index in [-0.39, 0.29) is 12.5 Å². The van der Waals surface area contributed by atoms with Crippen LogP contribution in [0, 0.1) is 0 Å². The van der Waals surface area contributed by atoms with Crippen LogP contribution >= 0.6 is 0 Å². The number of ether oxygens (including phenoxy) is 2. The van der Waals surface area contributed by atoms with Crippen molar-refractivity contribution in [2.75, 3.05) is 6.61 Å². The number of nitrogens with one attached hydrogen (secondary N) is 1. The van der Waals surface area contributed by atoms with Crippen LogP contribution in [0.3, 0.4) is 0 Å². The first-order valence-corrected chi connectivity index (χ1v) is 10.8. The van der Waals surface area contributed by atoms with Crippen molar-refractivity contribution in [2.45, 2.75) is 57.6 Å². The number of hydrogen-bond acceptors (Lipinski definition) is 5. The Bertz CT molecular complexity index is 952. The number of aliphatic carboxylic acids is 1. The predicted molar refractivity (Wildman–Crippen MR) is 119 cm³/mol. The maximum atomic E-state index is 12.4. The standard InChI is InChI=1S/C25H29NO6/c1-4-25(3,5-2)32-22(27)14-21(23(28)29)26-24(30)31-15-20-18-12-8-6-10-16(18)17-11-7-9-13-19(17)20/h6-13,20-21H,4-5,14-15H2,1-3H3,(H,26,30)(H,28,29)/t21-/m0/s1. The lowest BCUT2D eigenvalue weighted by molar-refractivity contribution is -0.161. The minimum absolute atomic E-state index is 0.0559. The number of carbonyl (C=O) groups is 3. The van der Waals surface area contributed by atoms with E-state index < -0.39 is 36.1 Å². The Labute approximate surface area is 187 Å². The van der Waals surface area contributed by atoms with Crippen LogP contribution in [0.4, 0.5) is 4.79 Å². The molecule has 2 N–H and O–H groups in total. The highest BCUT2D eigenvalue weighted by molar-refractivity contribution is 5.85. The van der Waals surface area contributed by atoms with Gasteiger partial charge in [-0.25, -0.2) is 9.59 Å². The van der Waals surface area contributed by atoms with Crippen LogP contribution in [0.1, 0.15) is 57.1 Å². The van der Waals surface area contributed by atoms with Gasteiger partial charge in [0, 0.05) is 5.92 Å². The summed E-state index contributed by atoms with van der Waals surface area (Å²) in [5.41, 5.74) is 3.64. The van der Waals surface area contributed by atoms with Crippen LogP contribution in [0.2, 0.25) is 0 Å². The lowest BCUT2D eigenvalue weighted by Gasteiger charge is -2.27. The Kier molecular flexibility index (Phi) is 7.18. The second-order valence-electron chi connectivity index (χ2n) is 8.20. The maximum absolute atomic E-state index is 12.4. The molecule has 1 aliphatic carbocycles. The van der Waals surface area contributed by atoms with Gasteiger partial charge in [-0.05, 0) is 42.0 Å². The molecule has 0 heterocycles. The number of benzene rings is 2. The molecular formula is C25H29NO6. The number of alkyl carbamates (subject to hydrolysis) is 1. The zero-order chi connectivity index (χ0) is 23.3. The molecule has 32 heavy (non-hydrogen) atoms. The van der Waals surface area contributed by atoms with Gasteiger partial charge in [0.25, 0.3) is 0 Å². The highest BCUT2D eigenvalue weighted by Crippen LogP contribution is 2.44. The number of rotatable bonds is 9. The summed E-state index contributed by atoms with van der Waals surface area (Å²) in [7, 11) is 0. The van der Waals surface area contributed by atoms with Crippen LogP contribution in [0.25, 0.3) is 11.1 Å². The summed E-state index contributed by atoms with van der Waals surface area (Å²) in [6.45, 7) is 5.63. The molecule has 0 saturated heterocycles. The predicted octanol–water partition coefficient (Wildman–Crippen LogP) is 4.49. The van der Waals surface area contributed by atoms with Gasteiger partial charge in [-0.2, -0.15) is 0 Å². The SMILES string of the molecule is CCC(C)(CC)OC(=O)C[C@H](NC(=O)OCC1c2ccccc2-c2ccccc21)C(=O)O. The Morgan fingerprint density at radius 3 is 2.03 bits per heavy atom. The minimum Gasteiger partial charge on any atom is -0.480 e. The van der Waals surface area contributed by atoms with Gasteiger partial charge in [-0.3, -0.25) is 4.79 Å². The fourth-order valence-corrected chi connectivity index (χ4v) is 3.86. The van der Waals surface area contributed by atoms with Gasteiger partial charge in [0.05, 0.1) is 6.42 Å². The zero-order valence-corrected chi connectivity index (χ0v) is 18.6. The topological polar surface area (TPSA) is 102 Å². The molecule has 0 aliphatic heterocycles. The van der Waals surface area contributed by atoms with Gasteiger partial charge in [0.15, 0.2) is 0 Å². The van der Waals surface area contributed by atoms with Crippen molar-refractivity contribution in [1.29, 1.82) is 0 Å². The molecule has 0 radical (unpaired) electrons. The average Bonchev–Trinajstić information content (AvgIpc) is 3.10. The monoisotopic (exact) mass is 439 g/mol. The molecule has 0 spiro atoms. The third kappa shape index (κ3) is 5.10. The number of hydrogen-bond donors (Lipinski definition) is 2. The molecular weight excluding hydrogens is 410 g/mol. The summed E-state index contributed by atoms with van der Waals surface area (Å²) in [5, 5.41) is 11.7. The smallest absolute Gasteiger partial charge is 0.407 e. The van der Waals surface area contributed by atoms with E-state index in [0.717, 1.165) is 22.3 Å². The molecule has 170 valence electrons. The van der Waals surface area contributed by atoms with Crippen LogP contribution in [-0.2, 0) is 19.1 Å².